The van der Waals surface area contributed by atoms with Crippen molar-refractivity contribution in [1.82, 2.24) is 9.80 Å². The highest BCUT2D eigenvalue weighted by Gasteiger charge is 2.21. The summed E-state index contributed by atoms with van der Waals surface area (Å²) >= 11 is 0. The van der Waals surface area contributed by atoms with Crippen LogP contribution >= 0.6 is 0 Å². The summed E-state index contributed by atoms with van der Waals surface area (Å²) in [6.45, 7) is 10.4. The molecule has 5 nitrogen and oxygen atoms in total. The lowest BCUT2D eigenvalue weighted by atomic mass is 10.2. The van der Waals surface area contributed by atoms with E-state index in [0.29, 0.717) is 12.6 Å². The lowest BCUT2D eigenvalue weighted by molar-refractivity contribution is 0.0903. The summed E-state index contributed by atoms with van der Waals surface area (Å²) in [5, 5.41) is 3.56. The molecule has 1 fully saturated rings. The van der Waals surface area contributed by atoms with Gasteiger partial charge in [-0.3, -0.25) is 4.90 Å². The Balaban J connectivity index is 2.27. The van der Waals surface area contributed by atoms with E-state index >= 15 is 0 Å². The quantitative estimate of drug-likeness (QED) is 0.388. The normalized spacial score (nSPS) is 24.6. The van der Waals surface area contributed by atoms with Gasteiger partial charge in [0, 0.05) is 43.7 Å². The number of likely N-dealkylation sites (N-methyl/N-ethyl adjacent to an activating group) is 1. The van der Waals surface area contributed by atoms with Gasteiger partial charge in [0.25, 0.3) is 0 Å². The maximum Gasteiger partial charge on any atom is 0.0385 e. The van der Waals surface area contributed by atoms with Gasteiger partial charge in [-0.1, -0.05) is 12.0 Å². The predicted molar refractivity (Wildman–Crippen MR) is 57.2 cm³/mol. The molecule has 1 aliphatic heterocycles. The molecule has 0 aromatic heterocycles. The SMILES string of the molecule is CCN1CCN(CCN=[N+]=[N-])CC1C. The average Bonchev–Trinajstić information content (AvgIpc) is 2.18. The Morgan fingerprint density at radius 1 is 1.50 bits per heavy atom. The molecule has 0 saturated carbocycles. The van der Waals surface area contributed by atoms with Gasteiger partial charge < -0.3 is 4.90 Å². The summed E-state index contributed by atoms with van der Waals surface area (Å²) in [6, 6.07) is 0.625. The molecular formula is C9H19N5. The van der Waals surface area contributed by atoms with E-state index in [9.17, 15) is 0 Å². The van der Waals surface area contributed by atoms with Crippen LogP contribution < -0.4 is 0 Å². The van der Waals surface area contributed by atoms with Gasteiger partial charge in [0.15, 0.2) is 0 Å². The number of hydrogen-bond donors (Lipinski definition) is 0. The minimum atomic E-state index is 0.593. The first-order valence-electron chi connectivity index (χ1n) is 5.25. The van der Waals surface area contributed by atoms with E-state index in [2.05, 4.69) is 33.7 Å². The van der Waals surface area contributed by atoms with E-state index in [4.69, 9.17) is 5.53 Å². The number of azide groups is 1. The van der Waals surface area contributed by atoms with Crippen LogP contribution in [0.3, 0.4) is 0 Å². The van der Waals surface area contributed by atoms with Crippen LogP contribution in [0, 0.1) is 0 Å². The smallest absolute Gasteiger partial charge is 0.0385 e. The van der Waals surface area contributed by atoms with Crippen LogP contribution in [0.5, 0.6) is 0 Å². The molecule has 1 unspecified atom stereocenters. The minimum Gasteiger partial charge on any atom is -0.300 e. The Morgan fingerprint density at radius 2 is 2.29 bits per heavy atom. The maximum absolute atomic E-state index is 8.16. The molecule has 0 aromatic rings. The van der Waals surface area contributed by atoms with Gasteiger partial charge in [0.2, 0.25) is 0 Å². The number of piperazine rings is 1. The molecule has 1 aliphatic rings. The summed E-state index contributed by atoms with van der Waals surface area (Å²) in [6.07, 6.45) is 0. The summed E-state index contributed by atoms with van der Waals surface area (Å²) in [4.78, 5) is 7.60. The molecule has 0 radical (unpaired) electrons. The predicted octanol–water partition coefficient (Wildman–Crippen LogP) is 1.32. The zero-order valence-corrected chi connectivity index (χ0v) is 9.06. The van der Waals surface area contributed by atoms with Gasteiger partial charge >= 0.3 is 0 Å². The van der Waals surface area contributed by atoms with Crippen molar-refractivity contribution >= 4 is 0 Å². The zero-order valence-electron chi connectivity index (χ0n) is 9.06. The molecule has 0 bridgehead atoms. The molecule has 80 valence electrons. The molecule has 1 heterocycles. The molecule has 0 N–H and O–H groups in total. The van der Waals surface area contributed by atoms with Gasteiger partial charge in [-0.15, -0.1) is 0 Å². The minimum absolute atomic E-state index is 0.593. The fraction of sp³-hybridized carbons (Fsp3) is 1.00. The van der Waals surface area contributed by atoms with Gasteiger partial charge in [0.1, 0.15) is 0 Å². The van der Waals surface area contributed by atoms with Crippen molar-refractivity contribution in [2.24, 2.45) is 5.11 Å². The van der Waals surface area contributed by atoms with Crippen molar-refractivity contribution in [2.45, 2.75) is 19.9 Å². The van der Waals surface area contributed by atoms with Gasteiger partial charge in [-0.25, -0.2) is 0 Å². The molecule has 0 aliphatic carbocycles. The van der Waals surface area contributed by atoms with Crippen LogP contribution in [0.25, 0.3) is 10.4 Å². The third kappa shape index (κ3) is 3.18. The Bertz CT molecular complexity index is 211. The monoisotopic (exact) mass is 197 g/mol. The first-order valence-corrected chi connectivity index (χ1v) is 5.25. The van der Waals surface area contributed by atoms with Crippen molar-refractivity contribution in [1.29, 1.82) is 0 Å². The van der Waals surface area contributed by atoms with Crippen LogP contribution in [-0.4, -0.2) is 55.1 Å². The van der Waals surface area contributed by atoms with E-state index in [0.717, 1.165) is 32.7 Å². The lowest BCUT2D eigenvalue weighted by Crippen LogP contribution is -2.52. The Hall–Kier alpha value is -0.770. The fourth-order valence-corrected chi connectivity index (χ4v) is 1.97. The molecule has 1 rings (SSSR count). The van der Waals surface area contributed by atoms with Crippen LogP contribution in [0.15, 0.2) is 5.11 Å². The van der Waals surface area contributed by atoms with Crippen LogP contribution in [0.2, 0.25) is 0 Å². The molecule has 0 amide bonds. The van der Waals surface area contributed by atoms with Crippen LogP contribution in [0.1, 0.15) is 13.8 Å². The van der Waals surface area contributed by atoms with Crippen molar-refractivity contribution in [3.8, 4) is 0 Å². The molecule has 0 aromatic carbocycles. The highest BCUT2D eigenvalue weighted by atomic mass is 15.3. The van der Waals surface area contributed by atoms with Crippen molar-refractivity contribution in [3.05, 3.63) is 10.4 Å². The highest BCUT2D eigenvalue weighted by Crippen LogP contribution is 2.08. The summed E-state index contributed by atoms with van der Waals surface area (Å²) in [7, 11) is 0. The van der Waals surface area contributed by atoms with Crippen LogP contribution in [-0.2, 0) is 0 Å². The van der Waals surface area contributed by atoms with Gasteiger partial charge in [0.05, 0.1) is 0 Å². The molecule has 1 atom stereocenters. The Kier molecular flexibility index (Phi) is 4.73. The zero-order chi connectivity index (χ0) is 10.4. The third-order valence-corrected chi connectivity index (χ3v) is 2.83. The number of rotatable bonds is 4. The summed E-state index contributed by atoms with van der Waals surface area (Å²) < 4.78 is 0. The average molecular weight is 197 g/mol. The first kappa shape index (κ1) is 11.3. The summed E-state index contributed by atoms with van der Waals surface area (Å²) in [5.41, 5.74) is 8.16. The standard InChI is InChI=1S/C9H19N5/c1-3-14-7-6-13(8-9(14)2)5-4-11-12-10/h9H,3-8H2,1-2H3. The Labute approximate surface area is 85.3 Å². The number of hydrogen-bond acceptors (Lipinski definition) is 3. The van der Waals surface area contributed by atoms with Gasteiger partial charge in [-0.05, 0) is 19.0 Å². The molecule has 14 heavy (non-hydrogen) atoms. The first-order chi connectivity index (χ1) is 6.77. The topological polar surface area (TPSA) is 55.2 Å². The van der Waals surface area contributed by atoms with E-state index < -0.39 is 0 Å². The Morgan fingerprint density at radius 3 is 2.86 bits per heavy atom. The lowest BCUT2D eigenvalue weighted by Gasteiger charge is -2.39. The van der Waals surface area contributed by atoms with Gasteiger partial charge in [-0.2, -0.15) is 0 Å². The molecule has 0 spiro atoms. The van der Waals surface area contributed by atoms with Crippen LogP contribution in [0.4, 0.5) is 0 Å². The second kappa shape index (κ2) is 5.86. The van der Waals surface area contributed by atoms with E-state index in [-0.39, 0.29) is 0 Å². The maximum atomic E-state index is 8.16. The summed E-state index contributed by atoms with van der Waals surface area (Å²) in [5.74, 6) is 0. The highest BCUT2D eigenvalue weighted by molar-refractivity contribution is 4.78. The molecular weight excluding hydrogens is 178 g/mol. The van der Waals surface area contributed by atoms with Crippen molar-refractivity contribution in [3.63, 3.8) is 0 Å². The third-order valence-electron chi connectivity index (χ3n) is 2.83. The second-order valence-electron chi connectivity index (χ2n) is 3.73. The number of nitrogens with zero attached hydrogens (tertiary/aromatic N) is 5. The molecule has 5 heteroatoms. The van der Waals surface area contributed by atoms with Crippen molar-refractivity contribution in [2.75, 3.05) is 39.3 Å². The van der Waals surface area contributed by atoms with E-state index in [1.165, 1.54) is 0 Å². The van der Waals surface area contributed by atoms with E-state index in [1.54, 1.807) is 0 Å². The largest absolute Gasteiger partial charge is 0.300 e. The molecule has 1 saturated heterocycles. The second-order valence-corrected chi connectivity index (χ2v) is 3.73. The van der Waals surface area contributed by atoms with E-state index in [1.807, 2.05) is 0 Å². The van der Waals surface area contributed by atoms with Crippen molar-refractivity contribution < 1.29 is 0 Å². The fourth-order valence-electron chi connectivity index (χ4n) is 1.97.